The summed E-state index contributed by atoms with van der Waals surface area (Å²) < 4.78 is 1.10. The molecule has 0 bridgehead atoms. The zero-order chi connectivity index (χ0) is 13.9. The lowest BCUT2D eigenvalue weighted by atomic mass is 10.1. The quantitative estimate of drug-likeness (QED) is 0.718. The number of aromatic nitrogens is 1. The maximum atomic E-state index is 4.47. The summed E-state index contributed by atoms with van der Waals surface area (Å²) in [6, 6.07) is 18.9. The first-order chi connectivity index (χ1) is 9.72. The van der Waals surface area contributed by atoms with Crippen LogP contribution in [0, 0.1) is 0 Å². The van der Waals surface area contributed by atoms with Crippen molar-refractivity contribution in [3.8, 4) is 0 Å². The maximum Gasteiger partial charge on any atom is 0.0703 e. The second-order valence-corrected chi connectivity index (χ2v) is 5.75. The molecule has 0 saturated carbocycles. The molecule has 20 heavy (non-hydrogen) atoms. The molecule has 3 heteroatoms. The topological polar surface area (TPSA) is 24.9 Å². The van der Waals surface area contributed by atoms with Gasteiger partial charge in [-0.2, -0.15) is 0 Å². The van der Waals surface area contributed by atoms with Gasteiger partial charge in [-0.25, -0.2) is 0 Å². The monoisotopic (exact) mass is 326 g/mol. The molecule has 0 spiro atoms. The average molecular weight is 327 g/mol. The third-order valence-corrected chi connectivity index (χ3v) is 3.87. The van der Waals surface area contributed by atoms with Crippen molar-refractivity contribution in [1.29, 1.82) is 0 Å². The average Bonchev–Trinajstić information content (AvgIpc) is 2.48. The zero-order valence-electron chi connectivity index (χ0n) is 11.2. The molecule has 3 aromatic rings. The van der Waals surface area contributed by atoms with Gasteiger partial charge in [0.05, 0.1) is 17.4 Å². The summed E-state index contributed by atoms with van der Waals surface area (Å²) in [5.74, 6) is 0. The van der Waals surface area contributed by atoms with Gasteiger partial charge in [0, 0.05) is 15.9 Å². The van der Waals surface area contributed by atoms with Gasteiger partial charge in [-0.3, -0.25) is 4.98 Å². The Morgan fingerprint density at radius 2 is 1.80 bits per heavy atom. The fraction of sp³-hybridized carbons (Fsp3) is 0.118. The Hall–Kier alpha value is -1.87. The van der Waals surface area contributed by atoms with E-state index in [0.29, 0.717) is 0 Å². The van der Waals surface area contributed by atoms with E-state index in [1.807, 2.05) is 24.4 Å². The molecule has 1 heterocycles. The first-order valence-corrected chi connectivity index (χ1v) is 7.38. The van der Waals surface area contributed by atoms with E-state index in [2.05, 4.69) is 69.6 Å². The van der Waals surface area contributed by atoms with E-state index in [4.69, 9.17) is 0 Å². The number of pyridine rings is 1. The SMILES string of the molecule is CC(Nc1cnc2ccccc2c1)c1ccc(Br)cc1. The molecule has 1 aromatic heterocycles. The third-order valence-electron chi connectivity index (χ3n) is 3.34. The van der Waals surface area contributed by atoms with Crippen molar-refractivity contribution in [2.24, 2.45) is 0 Å². The highest BCUT2D eigenvalue weighted by atomic mass is 79.9. The number of halogens is 1. The molecule has 0 aliphatic rings. The van der Waals surface area contributed by atoms with Gasteiger partial charge in [-0.1, -0.05) is 46.3 Å². The first-order valence-electron chi connectivity index (χ1n) is 6.59. The molecule has 0 radical (unpaired) electrons. The molecule has 2 aromatic carbocycles. The summed E-state index contributed by atoms with van der Waals surface area (Å²) in [6.45, 7) is 2.15. The molecular weight excluding hydrogens is 312 g/mol. The number of anilines is 1. The number of nitrogens with one attached hydrogen (secondary N) is 1. The second kappa shape index (κ2) is 5.63. The Bertz CT molecular complexity index is 722. The summed E-state index contributed by atoms with van der Waals surface area (Å²) in [5.41, 5.74) is 3.31. The van der Waals surface area contributed by atoms with Gasteiger partial charge in [-0.15, -0.1) is 0 Å². The Morgan fingerprint density at radius 3 is 2.60 bits per heavy atom. The Morgan fingerprint density at radius 1 is 1.05 bits per heavy atom. The van der Waals surface area contributed by atoms with Crippen LogP contribution in [0.3, 0.4) is 0 Å². The molecule has 0 aliphatic heterocycles. The Kier molecular flexibility index (Phi) is 3.70. The van der Waals surface area contributed by atoms with Gasteiger partial charge < -0.3 is 5.32 Å². The lowest BCUT2D eigenvalue weighted by molar-refractivity contribution is 0.883. The van der Waals surface area contributed by atoms with Crippen LogP contribution in [-0.4, -0.2) is 4.98 Å². The fourth-order valence-corrected chi connectivity index (χ4v) is 2.50. The molecule has 0 saturated heterocycles. The van der Waals surface area contributed by atoms with Crippen LogP contribution in [0.5, 0.6) is 0 Å². The predicted molar refractivity (Wildman–Crippen MR) is 87.9 cm³/mol. The Balaban J connectivity index is 1.83. The summed E-state index contributed by atoms with van der Waals surface area (Å²) >= 11 is 3.46. The van der Waals surface area contributed by atoms with Gasteiger partial charge in [0.15, 0.2) is 0 Å². The number of fused-ring (bicyclic) bond motifs is 1. The van der Waals surface area contributed by atoms with E-state index >= 15 is 0 Å². The number of hydrogen-bond donors (Lipinski definition) is 1. The highest BCUT2D eigenvalue weighted by Gasteiger charge is 2.06. The van der Waals surface area contributed by atoms with Crippen LogP contribution in [0.2, 0.25) is 0 Å². The largest absolute Gasteiger partial charge is 0.377 e. The number of para-hydroxylation sites is 1. The van der Waals surface area contributed by atoms with E-state index in [1.165, 1.54) is 5.56 Å². The van der Waals surface area contributed by atoms with Crippen molar-refractivity contribution in [3.05, 3.63) is 70.8 Å². The normalized spacial score (nSPS) is 12.3. The number of nitrogens with zero attached hydrogens (tertiary/aromatic N) is 1. The van der Waals surface area contributed by atoms with Crippen LogP contribution in [0.25, 0.3) is 10.9 Å². The standard InChI is InChI=1S/C17H15BrN2/c1-12(13-6-8-15(18)9-7-13)20-16-10-14-4-2-3-5-17(14)19-11-16/h2-12,20H,1H3. The molecular formula is C17H15BrN2. The second-order valence-electron chi connectivity index (χ2n) is 4.83. The van der Waals surface area contributed by atoms with Crippen LogP contribution in [0.4, 0.5) is 5.69 Å². The molecule has 0 fully saturated rings. The molecule has 100 valence electrons. The van der Waals surface area contributed by atoms with Crippen molar-refractivity contribution in [2.45, 2.75) is 13.0 Å². The molecule has 0 aliphatic carbocycles. The van der Waals surface area contributed by atoms with Crippen molar-refractivity contribution < 1.29 is 0 Å². The highest BCUT2D eigenvalue weighted by molar-refractivity contribution is 9.10. The number of rotatable bonds is 3. The lowest BCUT2D eigenvalue weighted by Crippen LogP contribution is -2.06. The molecule has 2 nitrogen and oxygen atoms in total. The van der Waals surface area contributed by atoms with E-state index in [-0.39, 0.29) is 6.04 Å². The summed E-state index contributed by atoms with van der Waals surface area (Å²) in [4.78, 5) is 4.47. The Labute approximate surface area is 127 Å². The van der Waals surface area contributed by atoms with Crippen LogP contribution < -0.4 is 5.32 Å². The van der Waals surface area contributed by atoms with Crippen LogP contribution in [-0.2, 0) is 0 Å². The summed E-state index contributed by atoms with van der Waals surface area (Å²) in [7, 11) is 0. The van der Waals surface area contributed by atoms with Crippen LogP contribution >= 0.6 is 15.9 Å². The minimum Gasteiger partial charge on any atom is -0.377 e. The lowest BCUT2D eigenvalue weighted by Gasteiger charge is -2.16. The van der Waals surface area contributed by atoms with Crippen molar-refractivity contribution in [2.75, 3.05) is 5.32 Å². The smallest absolute Gasteiger partial charge is 0.0703 e. The minimum absolute atomic E-state index is 0.242. The first kappa shape index (κ1) is 13.1. The van der Waals surface area contributed by atoms with E-state index in [1.54, 1.807) is 0 Å². The van der Waals surface area contributed by atoms with E-state index in [9.17, 15) is 0 Å². The summed E-state index contributed by atoms with van der Waals surface area (Å²) in [6.07, 6.45) is 1.89. The molecule has 1 unspecified atom stereocenters. The van der Waals surface area contributed by atoms with Gasteiger partial charge in [-0.05, 0) is 36.8 Å². The number of benzene rings is 2. The zero-order valence-corrected chi connectivity index (χ0v) is 12.8. The minimum atomic E-state index is 0.242. The molecule has 1 atom stereocenters. The van der Waals surface area contributed by atoms with E-state index in [0.717, 1.165) is 21.1 Å². The fourth-order valence-electron chi connectivity index (χ4n) is 2.23. The molecule has 3 rings (SSSR count). The van der Waals surface area contributed by atoms with Gasteiger partial charge >= 0.3 is 0 Å². The third kappa shape index (κ3) is 2.83. The van der Waals surface area contributed by atoms with Crippen molar-refractivity contribution in [3.63, 3.8) is 0 Å². The van der Waals surface area contributed by atoms with E-state index < -0.39 is 0 Å². The molecule has 1 N–H and O–H groups in total. The predicted octanol–water partition coefficient (Wildman–Crippen LogP) is 5.17. The molecule has 0 amide bonds. The van der Waals surface area contributed by atoms with Gasteiger partial charge in [0.25, 0.3) is 0 Å². The highest BCUT2D eigenvalue weighted by Crippen LogP contribution is 2.22. The maximum absolute atomic E-state index is 4.47. The van der Waals surface area contributed by atoms with Crippen LogP contribution in [0.15, 0.2) is 65.3 Å². The van der Waals surface area contributed by atoms with Gasteiger partial charge in [0.2, 0.25) is 0 Å². The van der Waals surface area contributed by atoms with Crippen molar-refractivity contribution in [1.82, 2.24) is 4.98 Å². The van der Waals surface area contributed by atoms with Crippen molar-refractivity contribution >= 4 is 32.5 Å². The summed E-state index contributed by atoms with van der Waals surface area (Å²) in [5, 5.41) is 4.65. The van der Waals surface area contributed by atoms with Crippen LogP contribution in [0.1, 0.15) is 18.5 Å². The van der Waals surface area contributed by atoms with Gasteiger partial charge in [0.1, 0.15) is 0 Å². The number of hydrogen-bond acceptors (Lipinski definition) is 2.